The van der Waals surface area contributed by atoms with Gasteiger partial charge in [0.05, 0.1) is 54.4 Å². The number of aromatic nitrogens is 1. The van der Waals surface area contributed by atoms with Crippen molar-refractivity contribution in [1.82, 2.24) is 9.88 Å². The number of pyridine rings is 1. The molecular weight excluding hydrogens is 618 g/mol. The predicted molar refractivity (Wildman–Crippen MR) is 156 cm³/mol. The number of ketones is 1. The van der Waals surface area contributed by atoms with Crippen LogP contribution in [0, 0.1) is 23.5 Å². The molecule has 4 rings (SSSR count). The zero-order valence-corrected chi connectivity index (χ0v) is 25.8. The van der Waals surface area contributed by atoms with Gasteiger partial charge in [-0.15, -0.1) is 11.3 Å². The van der Waals surface area contributed by atoms with Gasteiger partial charge in [0, 0.05) is 49.5 Å². The average Bonchev–Trinajstić information content (AvgIpc) is 3.64. The maximum Gasteiger partial charge on any atom is 0.306 e. The number of Topliss-reactive ketones (excluding diaryl/α,β-unsaturated/α-hetero) is 1. The summed E-state index contributed by atoms with van der Waals surface area (Å²) in [5, 5.41) is 18.2. The Morgan fingerprint density at radius 2 is 1.51 bits per heavy atom. The summed E-state index contributed by atoms with van der Waals surface area (Å²) >= 11 is 1.16. The summed E-state index contributed by atoms with van der Waals surface area (Å²) < 4.78 is 53.2. The maximum atomic E-state index is 15.5. The number of hydrogen-bond acceptors (Lipinski definition) is 10. The Labute approximate surface area is 260 Å². The molecule has 15 heteroatoms. The van der Waals surface area contributed by atoms with Crippen LogP contribution in [0.5, 0.6) is 23.1 Å². The first-order valence-corrected chi connectivity index (χ1v) is 14.7. The highest BCUT2D eigenvalue weighted by atomic mass is 32.1. The molecule has 0 bridgehead atoms. The Bertz CT molecular complexity index is 1640. The van der Waals surface area contributed by atoms with Crippen LogP contribution in [0.4, 0.5) is 8.78 Å². The fourth-order valence-corrected chi connectivity index (χ4v) is 5.64. The lowest BCUT2D eigenvalue weighted by molar-refractivity contribution is -0.145. The Morgan fingerprint density at radius 3 is 2.11 bits per heavy atom. The fourth-order valence-electron chi connectivity index (χ4n) is 4.66. The van der Waals surface area contributed by atoms with Gasteiger partial charge >= 0.3 is 11.9 Å². The third-order valence-corrected chi connectivity index (χ3v) is 8.39. The molecule has 2 unspecified atom stereocenters. The molecule has 1 aliphatic rings. The fraction of sp³-hybridized carbons (Fsp3) is 0.433. The summed E-state index contributed by atoms with van der Waals surface area (Å²) in [7, 11) is 2.59. The summed E-state index contributed by atoms with van der Waals surface area (Å²) in [4.78, 5) is 53.3. The molecule has 0 fully saturated rings. The summed E-state index contributed by atoms with van der Waals surface area (Å²) in [6.07, 6.45) is -0.246. The number of benzene rings is 1. The van der Waals surface area contributed by atoms with Gasteiger partial charge < -0.3 is 34.1 Å². The number of thiophene rings is 1. The molecule has 2 aromatic heterocycles. The van der Waals surface area contributed by atoms with Crippen molar-refractivity contribution in [3.8, 4) is 23.1 Å². The van der Waals surface area contributed by atoms with Crippen LogP contribution in [0.3, 0.4) is 0 Å². The van der Waals surface area contributed by atoms with E-state index in [9.17, 15) is 19.2 Å². The zero-order valence-electron chi connectivity index (χ0n) is 25.0. The van der Waals surface area contributed by atoms with Crippen molar-refractivity contribution >= 4 is 45.2 Å². The first kappa shape index (κ1) is 33.4. The van der Waals surface area contributed by atoms with E-state index in [-0.39, 0.29) is 68.4 Å². The number of fused-ring (bicyclic) bond motifs is 2. The lowest BCUT2D eigenvalue weighted by atomic mass is 10.0. The van der Waals surface area contributed by atoms with Gasteiger partial charge in [0.15, 0.2) is 28.9 Å². The third kappa shape index (κ3) is 7.24. The summed E-state index contributed by atoms with van der Waals surface area (Å²) in [5.41, 5.74) is 0.340. The molecule has 45 heavy (non-hydrogen) atoms. The van der Waals surface area contributed by atoms with Gasteiger partial charge in [-0.3, -0.25) is 19.2 Å². The molecule has 1 aromatic carbocycles. The highest BCUT2D eigenvalue weighted by Crippen LogP contribution is 2.42. The van der Waals surface area contributed by atoms with Gasteiger partial charge in [0.1, 0.15) is 0 Å². The number of hydrogen-bond donors (Lipinski definition) is 2. The zero-order chi connectivity index (χ0) is 33.0. The number of aliphatic carboxylic acids is 2. The minimum atomic E-state index is -1.15. The molecule has 0 spiro atoms. The number of ether oxygens (including phenoxy) is 4. The van der Waals surface area contributed by atoms with Crippen molar-refractivity contribution < 1.29 is 57.1 Å². The number of rotatable bonds is 15. The molecule has 3 aromatic rings. The number of nitrogens with zero attached hydrogens (tertiary/aromatic N) is 2. The van der Waals surface area contributed by atoms with E-state index in [1.807, 2.05) is 0 Å². The highest BCUT2D eigenvalue weighted by molar-refractivity contribution is 7.20. The van der Waals surface area contributed by atoms with Crippen LogP contribution < -0.4 is 18.9 Å². The normalized spacial score (nSPS) is 13.7. The number of carbonyl (C=O) groups excluding carboxylic acids is 2. The second-order valence-corrected chi connectivity index (χ2v) is 11.6. The van der Waals surface area contributed by atoms with E-state index in [0.29, 0.717) is 20.8 Å². The molecule has 0 saturated heterocycles. The van der Waals surface area contributed by atoms with Gasteiger partial charge in [0.25, 0.3) is 5.88 Å². The highest BCUT2D eigenvalue weighted by Gasteiger charge is 2.35. The molecule has 0 radical (unpaired) electrons. The van der Waals surface area contributed by atoms with Crippen molar-refractivity contribution in [3.63, 3.8) is 0 Å². The van der Waals surface area contributed by atoms with Gasteiger partial charge in [-0.1, -0.05) is 13.8 Å². The molecule has 3 heterocycles. The van der Waals surface area contributed by atoms with E-state index in [1.54, 1.807) is 12.1 Å². The minimum absolute atomic E-state index is 0.0440. The molecule has 242 valence electrons. The molecule has 1 amide bonds. The number of carboxylic acids is 2. The first-order valence-electron chi connectivity index (χ1n) is 13.9. The lowest BCUT2D eigenvalue weighted by Crippen LogP contribution is -2.28. The number of carbonyl (C=O) groups is 4. The SMILES string of the molecule is COc1cc2sc(C(=O)CC(C)C(=O)O)cc2nc1OCCCOc1c(F)c2c(c(F)c1OC)CN(C(=O)CC(C)C(=O)O)C2. The molecule has 2 N–H and O–H groups in total. The minimum Gasteiger partial charge on any atom is -0.491 e. The van der Waals surface area contributed by atoms with Crippen LogP contribution in [0.25, 0.3) is 10.2 Å². The standard InChI is InChI=1S/C30H32F2N2O10S/c1-14(29(37)38)8-19(35)22-10-18-21(45-22)11-20(41-3)28(33-18)44-7-5-6-43-27-25(32)17-13-34(23(36)9-15(2)30(39)40)12-16(17)24(31)26(27)42-4/h10-11,14-15H,5-9,12-13H2,1-4H3,(H,37,38)(H,39,40). The molecule has 2 atom stereocenters. The Hall–Kier alpha value is -4.53. The van der Waals surface area contributed by atoms with Crippen LogP contribution in [-0.4, -0.2) is 71.2 Å². The van der Waals surface area contributed by atoms with Crippen LogP contribution in [-0.2, 0) is 27.5 Å². The van der Waals surface area contributed by atoms with Crippen LogP contribution in [0.1, 0.15) is 53.9 Å². The van der Waals surface area contributed by atoms with E-state index < -0.39 is 52.8 Å². The number of carboxylic acid groups (broad SMARTS) is 2. The van der Waals surface area contributed by atoms with Crippen molar-refractivity contribution in [2.45, 2.75) is 46.2 Å². The number of halogens is 2. The number of methoxy groups -OCH3 is 2. The molecule has 0 saturated carbocycles. The van der Waals surface area contributed by atoms with Gasteiger partial charge in [0.2, 0.25) is 11.7 Å². The predicted octanol–water partition coefficient (Wildman–Crippen LogP) is 4.69. The average molecular weight is 651 g/mol. The van der Waals surface area contributed by atoms with Gasteiger partial charge in [-0.25, -0.2) is 13.8 Å². The number of amides is 1. The van der Waals surface area contributed by atoms with E-state index in [2.05, 4.69) is 4.98 Å². The van der Waals surface area contributed by atoms with Crippen molar-refractivity contribution in [2.75, 3.05) is 27.4 Å². The van der Waals surface area contributed by atoms with Gasteiger partial charge in [-0.05, 0) is 6.07 Å². The van der Waals surface area contributed by atoms with E-state index >= 15 is 8.78 Å². The van der Waals surface area contributed by atoms with Crippen LogP contribution in [0.15, 0.2) is 12.1 Å². The molecule has 12 nitrogen and oxygen atoms in total. The quantitative estimate of drug-likeness (QED) is 0.173. The largest absolute Gasteiger partial charge is 0.491 e. The Morgan fingerprint density at radius 1 is 0.911 bits per heavy atom. The lowest BCUT2D eigenvalue weighted by Gasteiger charge is -2.16. The van der Waals surface area contributed by atoms with E-state index in [4.69, 9.17) is 29.2 Å². The van der Waals surface area contributed by atoms with Gasteiger partial charge in [-0.2, -0.15) is 0 Å². The molecular formula is C30H32F2N2O10S. The maximum absolute atomic E-state index is 15.5. The van der Waals surface area contributed by atoms with Crippen LogP contribution in [0.2, 0.25) is 0 Å². The van der Waals surface area contributed by atoms with Crippen LogP contribution >= 0.6 is 11.3 Å². The summed E-state index contributed by atoms with van der Waals surface area (Å²) in [6.45, 7) is 2.31. The molecule has 1 aliphatic heterocycles. The summed E-state index contributed by atoms with van der Waals surface area (Å²) in [6, 6.07) is 3.21. The monoisotopic (exact) mass is 650 g/mol. The Balaban J connectivity index is 1.40. The van der Waals surface area contributed by atoms with E-state index in [0.717, 1.165) is 18.4 Å². The second kappa shape index (κ2) is 14.1. The third-order valence-electron chi connectivity index (χ3n) is 7.27. The van der Waals surface area contributed by atoms with Crippen molar-refractivity contribution in [2.24, 2.45) is 11.8 Å². The van der Waals surface area contributed by atoms with E-state index in [1.165, 1.54) is 25.9 Å². The van der Waals surface area contributed by atoms with Crippen molar-refractivity contribution in [3.05, 3.63) is 39.8 Å². The van der Waals surface area contributed by atoms with Crippen molar-refractivity contribution in [1.29, 1.82) is 0 Å². The second-order valence-electron chi connectivity index (χ2n) is 10.5. The molecule has 0 aliphatic carbocycles. The Kier molecular flexibility index (Phi) is 10.4. The summed E-state index contributed by atoms with van der Waals surface area (Å²) in [5.74, 6) is -7.05. The topological polar surface area (TPSA) is 162 Å². The first-order chi connectivity index (χ1) is 21.4. The smallest absolute Gasteiger partial charge is 0.306 e.